The number of nitrogens with one attached hydrogen (secondary N) is 1. The van der Waals surface area contributed by atoms with E-state index < -0.39 is 0 Å². The molecule has 1 aliphatic rings. The topological polar surface area (TPSA) is 61.6 Å². The van der Waals surface area contributed by atoms with Crippen LogP contribution in [0.3, 0.4) is 0 Å². The summed E-state index contributed by atoms with van der Waals surface area (Å²) < 4.78 is 0. The van der Waals surface area contributed by atoms with Crippen molar-refractivity contribution in [3.8, 4) is 0 Å². The molecule has 110 valence electrons. The fourth-order valence-electron chi connectivity index (χ4n) is 2.87. The summed E-state index contributed by atoms with van der Waals surface area (Å²) in [5.41, 5.74) is 3.54. The van der Waals surface area contributed by atoms with Gasteiger partial charge in [0.2, 0.25) is 0 Å². The molecule has 0 aliphatic carbocycles. The maximum Gasteiger partial charge on any atom is 0.251 e. The van der Waals surface area contributed by atoms with Crippen molar-refractivity contribution < 1.29 is 4.79 Å². The number of amides is 1. The van der Waals surface area contributed by atoms with Crippen LogP contribution in [0.25, 0.3) is 0 Å². The van der Waals surface area contributed by atoms with Crippen LogP contribution in [0.2, 0.25) is 0 Å². The number of nitrogens with zero attached hydrogens (tertiary/aromatic N) is 2. The highest BCUT2D eigenvalue weighted by Crippen LogP contribution is 2.19. The summed E-state index contributed by atoms with van der Waals surface area (Å²) in [6, 6.07) is 10.3. The average molecular weight is 276 g/mol. The molecule has 0 radical (unpaired) electrons. The molecule has 0 unspecified atom stereocenters. The van der Waals surface area contributed by atoms with Gasteiger partial charge in [-0.25, -0.2) is 5.84 Å². The normalized spacial score (nSPS) is 18.1. The third-order valence-electron chi connectivity index (χ3n) is 3.87. The van der Waals surface area contributed by atoms with Crippen LogP contribution >= 0.6 is 0 Å². The van der Waals surface area contributed by atoms with Gasteiger partial charge in [-0.05, 0) is 18.1 Å². The number of para-hydroxylation sites is 1. The highest BCUT2D eigenvalue weighted by atomic mass is 16.2. The Labute approximate surface area is 120 Å². The molecule has 1 aromatic carbocycles. The summed E-state index contributed by atoms with van der Waals surface area (Å²) in [5.74, 6) is 5.46. The van der Waals surface area contributed by atoms with Crippen molar-refractivity contribution in [1.82, 2.24) is 10.3 Å². The van der Waals surface area contributed by atoms with Crippen LogP contribution < -0.4 is 16.2 Å². The van der Waals surface area contributed by atoms with Gasteiger partial charge in [0.1, 0.15) is 0 Å². The van der Waals surface area contributed by atoms with E-state index in [0.717, 1.165) is 26.2 Å². The number of piperazine rings is 1. The highest BCUT2D eigenvalue weighted by Gasteiger charge is 2.30. The predicted molar refractivity (Wildman–Crippen MR) is 81.2 cm³/mol. The Balaban J connectivity index is 1.98. The van der Waals surface area contributed by atoms with Crippen molar-refractivity contribution in [2.24, 2.45) is 11.8 Å². The first-order valence-corrected chi connectivity index (χ1v) is 7.18. The van der Waals surface area contributed by atoms with Crippen molar-refractivity contribution in [2.75, 3.05) is 31.1 Å². The summed E-state index contributed by atoms with van der Waals surface area (Å²) >= 11 is 0. The Morgan fingerprint density at radius 2 is 1.75 bits per heavy atom. The van der Waals surface area contributed by atoms with Crippen LogP contribution in [0.5, 0.6) is 0 Å². The quantitative estimate of drug-likeness (QED) is 0.486. The molecule has 1 heterocycles. The number of hydrogen-bond donors (Lipinski definition) is 2. The Kier molecular flexibility index (Phi) is 4.98. The second kappa shape index (κ2) is 6.72. The van der Waals surface area contributed by atoms with E-state index in [-0.39, 0.29) is 17.9 Å². The lowest BCUT2D eigenvalue weighted by molar-refractivity contribution is -0.128. The summed E-state index contributed by atoms with van der Waals surface area (Å²) in [5, 5.41) is 0. The minimum atomic E-state index is -0.141. The van der Waals surface area contributed by atoms with E-state index >= 15 is 0 Å². The Bertz CT molecular complexity index is 427. The minimum absolute atomic E-state index is 0.0897. The lowest BCUT2D eigenvalue weighted by atomic mass is 10.0. The van der Waals surface area contributed by atoms with Gasteiger partial charge in [-0.2, -0.15) is 0 Å². The summed E-state index contributed by atoms with van der Waals surface area (Å²) in [7, 11) is 0. The SMILES string of the molecule is CC(C)[C@@H](C(=O)NN)N1CCN(c2ccccc2)CC1. The van der Waals surface area contributed by atoms with Crippen LogP contribution in [0.15, 0.2) is 30.3 Å². The number of carbonyl (C=O) groups excluding carboxylic acids is 1. The zero-order chi connectivity index (χ0) is 14.5. The fraction of sp³-hybridized carbons (Fsp3) is 0.533. The first-order chi connectivity index (χ1) is 9.63. The number of carbonyl (C=O) groups is 1. The molecular formula is C15H24N4O. The van der Waals surface area contributed by atoms with Crippen molar-refractivity contribution in [3.05, 3.63) is 30.3 Å². The smallest absolute Gasteiger partial charge is 0.251 e. The molecule has 3 N–H and O–H groups in total. The second-order valence-electron chi connectivity index (χ2n) is 5.56. The lowest BCUT2D eigenvalue weighted by Crippen LogP contribution is -2.57. The molecule has 1 atom stereocenters. The monoisotopic (exact) mass is 276 g/mol. The van der Waals surface area contributed by atoms with E-state index in [1.54, 1.807) is 0 Å². The van der Waals surface area contributed by atoms with E-state index in [1.807, 2.05) is 6.07 Å². The maximum absolute atomic E-state index is 11.9. The lowest BCUT2D eigenvalue weighted by Gasteiger charge is -2.40. The molecule has 1 aliphatic heterocycles. The fourth-order valence-corrected chi connectivity index (χ4v) is 2.87. The van der Waals surface area contributed by atoms with Crippen LogP contribution in [-0.2, 0) is 4.79 Å². The van der Waals surface area contributed by atoms with Gasteiger partial charge in [0, 0.05) is 31.9 Å². The van der Waals surface area contributed by atoms with Crippen molar-refractivity contribution >= 4 is 11.6 Å². The van der Waals surface area contributed by atoms with E-state index in [1.165, 1.54) is 5.69 Å². The van der Waals surface area contributed by atoms with Gasteiger partial charge in [-0.15, -0.1) is 0 Å². The number of benzene rings is 1. The molecule has 20 heavy (non-hydrogen) atoms. The predicted octanol–water partition coefficient (Wildman–Crippen LogP) is 0.823. The summed E-state index contributed by atoms with van der Waals surface area (Å²) in [4.78, 5) is 16.5. The molecular weight excluding hydrogens is 252 g/mol. The molecule has 0 aromatic heterocycles. The summed E-state index contributed by atoms with van der Waals surface area (Å²) in [6.07, 6.45) is 0. The molecule has 1 fully saturated rings. The Morgan fingerprint density at radius 1 is 1.15 bits per heavy atom. The van der Waals surface area contributed by atoms with Gasteiger partial charge in [0.15, 0.2) is 0 Å². The molecule has 1 saturated heterocycles. The molecule has 2 rings (SSSR count). The van der Waals surface area contributed by atoms with Crippen molar-refractivity contribution in [2.45, 2.75) is 19.9 Å². The molecule has 5 heteroatoms. The highest BCUT2D eigenvalue weighted by molar-refractivity contribution is 5.81. The van der Waals surface area contributed by atoms with Gasteiger partial charge >= 0.3 is 0 Å². The van der Waals surface area contributed by atoms with Gasteiger partial charge in [-0.1, -0.05) is 32.0 Å². The number of rotatable bonds is 4. The van der Waals surface area contributed by atoms with Crippen LogP contribution in [0.4, 0.5) is 5.69 Å². The van der Waals surface area contributed by atoms with Gasteiger partial charge in [-0.3, -0.25) is 15.1 Å². The van der Waals surface area contributed by atoms with Gasteiger partial charge in [0.25, 0.3) is 5.91 Å². The van der Waals surface area contributed by atoms with Crippen LogP contribution in [0, 0.1) is 5.92 Å². The van der Waals surface area contributed by atoms with E-state index in [9.17, 15) is 4.79 Å². The molecule has 1 amide bonds. The van der Waals surface area contributed by atoms with E-state index in [0.29, 0.717) is 0 Å². The Morgan fingerprint density at radius 3 is 2.25 bits per heavy atom. The third kappa shape index (κ3) is 3.29. The maximum atomic E-state index is 11.9. The van der Waals surface area contributed by atoms with E-state index in [2.05, 4.69) is 53.3 Å². The molecule has 0 bridgehead atoms. The van der Waals surface area contributed by atoms with Crippen molar-refractivity contribution in [1.29, 1.82) is 0 Å². The molecule has 1 aromatic rings. The standard InChI is InChI=1S/C15H24N4O/c1-12(2)14(15(20)17-16)19-10-8-18(9-11-19)13-6-4-3-5-7-13/h3-7,12,14H,8-11,16H2,1-2H3,(H,17,20)/t14-/m0/s1. The second-order valence-corrected chi connectivity index (χ2v) is 5.56. The van der Waals surface area contributed by atoms with Crippen LogP contribution in [-0.4, -0.2) is 43.0 Å². The zero-order valence-electron chi connectivity index (χ0n) is 12.2. The number of nitrogens with two attached hydrogens (primary N) is 1. The number of hydrazine groups is 1. The largest absolute Gasteiger partial charge is 0.369 e. The number of hydrogen-bond acceptors (Lipinski definition) is 4. The van der Waals surface area contributed by atoms with Gasteiger partial charge in [0.05, 0.1) is 6.04 Å². The third-order valence-corrected chi connectivity index (χ3v) is 3.87. The minimum Gasteiger partial charge on any atom is -0.369 e. The molecule has 0 spiro atoms. The Hall–Kier alpha value is -1.59. The van der Waals surface area contributed by atoms with Crippen molar-refractivity contribution in [3.63, 3.8) is 0 Å². The van der Waals surface area contributed by atoms with Crippen LogP contribution in [0.1, 0.15) is 13.8 Å². The first kappa shape index (κ1) is 14.8. The molecule has 5 nitrogen and oxygen atoms in total. The summed E-state index contributed by atoms with van der Waals surface area (Å²) in [6.45, 7) is 7.75. The molecule has 0 saturated carbocycles. The number of anilines is 1. The zero-order valence-corrected chi connectivity index (χ0v) is 12.2. The van der Waals surface area contributed by atoms with Gasteiger partial charge < -0.3 is 4.90 Å². The first-order valence-electron chi connectivity index (χ1n) is 7.18. The average Bonchev–Trinajstić information content (AvgIpc) is 2.48. The van der Waals surface area contributed by atoms with E-state index in [4.69, 9.17) is 5.84 Å².